The molecule has 0 bridgehead atoms. The van der Waals surface area contributed by atoms with Crippen LogP contribution in [0.3, 0.4) is 0 Å². The highest BCUT2D eigenvalue weighted by Gasteiger charge is 2.17. The average Bonchev–Trinajstić information content (AvgIpc) is 2.60. The Morgan fingerprint density at radius 3 is 2.82 bits per heavy atom. The Balaban J connectivity index is 2.49. The van der Waals surface area contributed by atoms with Crippen LogP contribution in [-0.2, 0) is 11.8 Å². The second-order valence-corrected chi connectivity index (χ2v) is 3.88. The summed E-state index contributed by atoms with van der Waals surface area (Å²) in [5, 5.41) is 4.45. The Morgan fingerprint density at radius 1 is 1.65 bits per heavy atom. The second kappa shape index (κ2) is 6.85. The third-order valence-electron chi connectivity index (χ3n) is 2.26. The van der Waals surface area contributed by atoms with Gasteiger partial charge in [0, 0.05) is 13.7 Å². The average molecular weight is 269 g/mol. The van der Waals surface area contributed by atoms with E-state index in [1.807, 2.05) is 0 Å². The summed E-state index contributed by atoms with van der Waals surface area (Å²) in [7, 11) is 1.73. The highest BCUT2D eigenvalue weighted by atomic mass is 35.5. The van der Waals surface area contributed by atoms with E-state index >= 15 is 0 Å². The van der Waals surface area contributed by atoms with E-state index in [-0.39, 0.29) is 12.6 Å². The molecule has 0 aliphatic rings. The number of hydrazine groups is 1. The first-order valence-corrected chi connectivity index (χ1v) is 5.43. The van der Waals surface area contributed by atoms with Crippen molar-refractivity contribution < 1.29 is 13.5 Å². The molecule has 98 valence electrons. The first kappa shape index (κ1) is 14.3. The zero-order valence-corrected chi connectivity index (χ0v) is 10.1. The molecule has 0 radical (unpaired) electrons. The first-order valence-electron chi connectivity index (χ1n) is 5.05. The molecule has 0 saturated heterocycles. The number of nitrogens with one attached hydrogen (secondary N) is 1. The molecule has 0 saturated carbocycles. The number of nitrogens with zero attached hydrogens (tertiary/aromatic N) is 2. The van der Waals surface area contributed by atoms with Crippen LogP contribution in [0, 0.1) is 0 Å². The summed E-state index contributed by atoms with van der Waals surface area (Å²) >= 11 is 5.94. The van der Waals surface area contributed by atoms with Gasteiger partial charge in [-0.05, 0) is 6.42 Å². The SMILES string of the molecule is Cn1ncc(Cl)c1C(CCOCC(F)F)NN. The lowest BCUT2D eigenvalue weighted by molar-refractivity contribution is 0.0142. The monoisotopic (exact) mass is 268 g/mol. The molecule has 1 aromatic rings. The van der Waals surface area contributed by atoms with E-state index in [1.54, 1.807) is 11.7 Å². The van der Waals surface area contributed by atoms with Crippen LogP contribution < -0.4 is 11.3 Å². The maximum atomic E-state index is 11.8. The predicted molar refractivity (Wildman–Crippen MR) is 59.7 cm³/mol. The number of hydrogen-bond acceptors (Lipinski definition) is 4. The van der Waals surface area contributed by atoms with Gasteiger partial charge >= 0.3 is 0 Å². The van der Waals surface area contributed by atoms with Crippen LogP contribution in [0.5, 0.6) is 0 Å². The minimum atomic E-state index is -2.46. The molecule has 0 fully saturated rings. The number of ether oxygens (including phenoxy) is 1. The zero-order chi connectivity index (χ0) is 12.8. The highest BCUT2D eigenvalue weighted by Crippen LogP contribution is 2.23. The van der Waals surface area contributed by atoms with E-state index in [0.717, 1.165) is 0 Å². The van der Waals surface area contributed by atoms with Crippen molar-refractivity contribution in [2.75, 3.05) is 13.2 Å². The molecule has 0 aliphatic heterocycles. The van der Waals surface area contributed by atoms with Gasteiger partial charge in [-0.1, -0.05) is 11.6 Å². The fourth-order valence-corrected chi connectivity index (χ4v) is 1.78. The number of rotatable bonds is 7. The third kappa shape index (κ3) is 4.19. The van der Waals surface area contributed by atoms with Crippen molar-refractivity contribution in [2.24, 2.45) is 12.9 Å². The van der Waals surface area contributed by atoms with Crippen LogP contribution in [0.1, 0.15) is 18.2 Å². The summed E-state index contributed by atoms with van der Waals surface area (Å²) in [6, 6.07) is -0.285. The fourth-order valence-electron chi connectivity index (χ4n) is 1.48. The Labute approximate surface area is 103 Å². The van der Waals surface area contributed by atoms with Gasteiger partial charge < -0.3 is 4.74 Å². The molecular weight excluding hydrogens is 254 g/mol. The van der Waals surface area contributed by atoms with Crippen LogP contribution in [0.2, 0.25) is 5.02 Å². The summed E-state index contributed by atoms with van der Waals surface area (Å²) in [4.78, 5) is 0. The largest absolute Gasteiger partial charge is 0.375 e. The Morgan fingerprint density at radius 2 is 2.35 bits per heavy atom. The molecule has 5 nitrogen and oxygen atoms in total. The van der Waals surface area contributed by atoms with Crippen molar-refractivity contribution in [1.29, 1.82) is 0 Å². The van der Waals surface area contributed by atoms with Gasteiger partial charge in [0.25, 0.3) is 6.43 Å². The molecule has 8 heteroatoms. The van der Waals surface area contributed by atoms with Crippen molar-refractivity contribution in [3.63, 3.8) is 0 Å². The van der Waals surface area contributed by atoms with Gasteiger partial charge in [-0.2, -0.15) is 5.10 Å². The van der Waals surface area contributed by atoms with Crippen molar-refractivity contribution in [3.8, 4) is 0 Å². The normalized spacial score (nSPS) is 13.3. The van der Waals surface area contributed by atoms with Crippen LogP contribution in [-0.4, -0.2) is 29.4 Å². The van der Waals surface area contributed by atoms with E-state index in [9.17, 15) is 8.78 Å². The highest BCUT2D eigenvalue weighted by molar-refractivity contribution is 6.31. The Bertz CT molecular complexity index is 328. The summed E-state index contributed by atoms with van der Waals surface area (Å²) < 4.78 is 30.1. The van der Waals surface area contributed by atoms with Gasteiger partial charge in [0.1, 0.15) is 6.61 Å². The second-order valence-electron chi connectivity index (χ2n) is 3.48. The number of aromatic nitrogens is 2. The van der Waals surface area contributed by atoms with E-state index in [0.29, 0.717) is 17.1 Å². The van der Waals surface area contributed by atoms with Crippen molar-refractivity contribution >= 4 is 11.6 Å². The van der Waals surface area contributed by atoms with E-state index in [2.05, 4.69) is 10.5 Å². The number of hydrogen-bond donors (Lipinski definition) is 2. The van der Waals surface area contributed by atoms with E-state index in [1.165, 1.54) is 6.20 Å². The van der Waals surface area contributed by atoms with Gasteiger partial charge in [-0.15, -0.1) is 0 Å². The summed E-state index contributed by atoms with van der Waals surface area (Å²) in [5.41, 5.74) is 3.27. The van der Waals surface area contributed by atoms with Gasteiger partial charge in [0.2, 0.25) is 0 Å². The molecule has 3 N–H and O–H groups in total. The standard InChI is InChI=1S/C9H15ClF2N4O/c1-16-9(6(10)4-14-16)7(15-13)2-3-17-5-8(11)12/h4,7-8,15H,2-3,5,13H2,1H3. The van der Waals surface area contributed by atoms with E-state index < -0.39 is 13.0 Å². The molecular formula is C9H15ClF2N4O. The van der Waals surface area contributed by atoms with Crippen LogP contribution in [0.25, 0.3) is 0 Å². The summed E-state index contributed by atoms with van der Waals surface area (Å²) in [6.07, 6.45) is -0.524. The first-order chi connectivity index (χ1) is 8.06. The number of alkyl halides is 2. The van der Waals surface area contributed by atoms with Crippen LogP contribution >= 0.6 is 11.6 Å². The van der Waals surface area contributed by atoms with Crippen molar-refractivity contribution in [3.05, 3.63) is 16.9 Å². The molecule has 0 aromatic carbocycles. The molecule has 1 aromatic heterocycles. The smallest absolute Gasteiger partial charge is 0.261 e. The van der Waals surface area contributed by atoms with Crippen LogP contribution in [0.4, 0.5) is 8.78 Å². The molecule has 1 unspecified atom stereocenters. The van der Waals surface area contributed by atoms with E-state index in [4.69, 9.17) is 22.2 Å². The molecule has 1 atom stereocenters. The third-order valence-corrected chi connectivity index (χ3v) is 2.55. The summed E-state index contributed by atoms with van der Waals surface area (Å²) in [6.45, 7) is -0.406. The van der Waals surface area contributed by atoms with Gasteiger partial charge in [0.05, 0.1) is 23.0 Å². The lowest BCUT2D eigenvalue weighted by Crippen LogP contribution is -2.30. The van der Waals surface area contributed by atoms with Gasteiger partial charge in [0.15, 0.2) is 0 Å². The maximum Gasteiger partial charge on any atom is 0.261 e. The molecule has 0 amide bonds. The quantitative estimate of drug-likeness (QED) is 0.444. The lowest BCUT2D eigenvalue weighted by atomic mass is 10.1. The summed E-state index contributed by atoms with van der Waals surface area (Å²) in [5.74, 6) is 5.39. The Hall–Kier alpha value is -0.760. The topological polar surface area (TPSA) is 65.1 Å². The molecule has 17 heavy (non-hydrogen) atoms. The maximum absolute atomic E-state index is 11.8. The van der Waals surface area contributed by atoms with Crippen molar-refractivity contribution in [1.82, 2.24) is 15.2 Å². The Kier molecular flexibility index (Phi) is 5.76. The molecule has 0 aliphatic carbocycles. The zero-order valence-electron chi connectivity index (χ0n) is 9.37. The number of aryl methyl sites for hydroxylation is 1. The number of nitrogens with two attached hydrogens (primary N) is 1. The number of halogens is 3. The predicted octanol–water partition coefficient (Wildman–Crippen LogP) is 1.25. The minimum Gasteiger partial charge on any atom is -0.375 e. The van der Waals surface area contributed by atoms with Crippen molar-refractivity contribution in [2.45, 2.75) is 18.9 Å². The minimum absolute atomic E-state index is 0.167. The lowest BCUT2D eigenvalue weighted by Gasteiger charge is -2.16. The van der Waals surface area contributed by atoms with Gasteiger partial charge in [-0.3, -0.25) is 16.0 Å². The van der Waals surface area contributed by atoms with Gasteiger partial charge in [-0.25, -0.2) is 8.78 Å². The molecule has 1 heterocycles. The molecule has 1 rings (SSSR count). The fraction of sp³-hybridized carbons (Fsp3) is 0.667. The molecule has 0 spiro atoms. The van der Waals surface area contributed by atoms with Crippen LogP contribution in [0.15, 0.2) is 6.20 Å².